The van der Waals surface area contributed by atoms with Crippen LogP contribution in [0.2, 0.25) is 0 Å². The Morgan fingerprint density at radius 3 is 2.53 bits per heavy atom. The fourth-order valence-electron chi connectivity index (χ4n) is 1.61. The van der Waals surface area contributed by atoms with Crippen molar-refractivity contribution in [3.63, 3.8) is 0 Å². The first-order chi connectivity index (χ1) is 8.21. The number of rotatable bonds is 7. The standard InChI is InChI=1S/C13H21ClN2O/c1-4-16(5-2)8-9-17-13-7-6-12(10-14)11(3)15-13/h6-7H,4-5,8-10H2,1-3H3. The highest BCUT2D eigenvalue weighted by Gasteiger charge is 2.03. The Morgan fingerprint density at radius 2 is 2.00 bits per heavy atom. The fourth-order valence-corrected chi connectivity index (χ4v) is 1.89. The molecule has 3 nitrogen and oxygen atoms in total. The molecule has 1 rings (SSSR count). The number of aryl methyl sites for hydroxylation is 1. The summed E-state index contributed by atoms with van der Waals surface area (Å²) in [6, 6.07) is 3.86. The fraction of sp³-hybridized carbons (Fsp3) is 0.615. The van der Waals surface area contributed by atoms with E-state index < -0.39 is 0 Å². The van der Waals surface area contributed by atoms with Crippen LogP contribution < -0.4 is 4.74 Å². The minimum Gasteiger partial charge on any atom is -0.476 e. The lowest BCUT2D eigenvalue weighted by molar-refractivity contribution is 0.217. The first-order valence-corrected chi connectivity index (χ1v) is 6.62. The molecule has 0 aliphatic rings. The molecule has 0 aliphatic carbocycles. The Balaban J connectivity index is 2.44. The Kier molecular flexibility index (Phi) is 6.30. The van der Waals surface area contributed by atoms with E-state index in [1.165, 1.54) is 0 Å². The summed E-state index contributed by atoms with van der Waals surface area (Å²) >= 11 is 5.78. The van der Waals surface area contributed by atoms with Crippen molar-refractivity contribution < 1.29 is 4.74 Å². The zero-order valence-electron chi connectivity index (χ0n) is 10.9. The van der Waals surface area contributed by atoms with Crippen LogP contribution in [-0.2, 0) is 5.88 Å². The van der Waals surface area contributed by atoms with Gasteiger partial charge in [-0.3, -0.25) is 0 Å². The predicted octanol–water partition coefficient (Wildman–Crippen LogP) is 2.85. The van der Waals surface area contributed by atoms with E-state index in [4.69, 9.17) is 16.3 Å². The van der Waals surface area contributed by atoms with Crippen LogP contribution in [0.4, 0.5) is 0 Å². The molecule has 0 atom stereocenters. The molecule has 0 unspecified atom stereocenters. The van der Waals surface area contributed by atoms with Crippen LogP contribution in [0.25, 0.3) is 0 Å². The smallest absolute Gasteiger partial charge is 0.213 e. The van der Waals surface area contributed by atoms with E-state index in [0.717, 1.165) is 30.9 Å². The summed E-state index contributed by atoms with van der Waals surface area (Å²) in [5.41, 5.74) is 2.00. The van der Waals surface area contributed by atoms with Gasteiger partial charge >= 0.3 is 0 Å². The van der Waals surface area contributed by atoms with Crippen molar-refractivity contribution in [2.24, 2.45) is 0 Å². The highest BCUT2D eigenvalue weighted by molar-refractivity contribution is 6.17. The van der Waals surface area contributed by atoms with Gasteiger partial charge in [0, 0.05) is 24.2 Å². The van der Waals surface area contributed by atoms with Crippen molar-refractivity contribution in [3.8, 4) is 5.88 Å². The molecule has 96 valence electrons. The van der Waals surface area contributed by atoms with E-state index in [2.05, 4.69) is 23.7 Å². The second kappa shape index (κ2) is 7.51. The Hall–Kier alpha value is -0.800. The molecule has 0 spiro atoms. The van der Waals surface area contributed by atoms with E-state index in [1.54, 1.807) is 0 Å². The predicted molar refractivity (Wildman–Crippen MR) is 71.8 cm³/mol. The summed E-state index contributed by atoms with van der Waals surface area (Å²) in [5.74, 6) is 1.18. The van der Waals surface area contributed by atoms with Gasteiger partial charge in [-0.1, -0.05) is 19.9 Å². The van der Waals surface area contributed by atoms with Crippen molar-refractivity contribution in [3.05, 3.63) is 23.4 Å². The van der Waals surface area contributed by atoms with E-state index in [9.17, 15) is 0 Å². The molecule has 0 bridgehead atoms. The van der Waals surface area contributed by atoms with Crippen LogP contribution >= 0.6 is 11.6 Å². The van der Waals surface area contributed by atoms with Gasteiger partial charge in [0.05, 0.1) is 0 Å². The Bertz CT molecular complexity index is 340. The number of ether oxygens (including phenoxy) is 1. The third-order valence-electron chi connectivity index (χ3n) is 2.87. The van der Waals surface area contributed by atoms with Gasteiger partial charge in [0.2, 0.25) is 5.88 Å². The number of aromatic nitrogens is 1. The first-order valence-electron chi connectivity index (χ1n) is 6.08. The quantitative estimate of drug-likeness (QED) is 0.702. The number of hydrogen-bond donors (Lipinski definition) is 0. The molecular formula is C13H21ClN2O. The number of pyridine rings is 1. The molecule has 1 heterocycles. The zero-order chi connectivity index (χ0) is 12.7. The van der Waals surface area contributed by atoms with Gasteiger partial charge in [0.1, 0.15) is 6.61 Å². The molecule has 0 saturated carbocycles. The third kappa shape index (κ3) is 4.52. The maximum atomic E-state index is 5.78. The third-order valence-corrected chi connectivity index (χ3v) is 3.15. The van der Waals surface area contributed by atoms with Crippen molar-refractivity contribution in [2.45, 2.75) is 26.7 Å². The molecular weight excluding hydrogens is 236 g/mol. The van der Waals surface area contributed by atoms with E-state index in [-0.39, 0.29) is 0 Å². The van der Waals surface area contributed by atoms with E-state index in [0.29, 0.717) is 18.4 Å². The summed E-state index contributed by atoms with van der Waals surface area (Å²) in [6.07, 6.45) is 0. The van der Waals surface area contributed by atoms with Gasteiger partial charge in [-0.25, -0.2) is 4.98 Å². The average Bonchev–Trinajstić information content (AvgIpc) is 2.35. The molecule has 4 heteroatoms. The van der Waals surface area contributed by atoms with Gasteiger partial charge in [0.15, 0.2) is 0 Å². The van der Waals surface area contributed by atoms with Crippen LogP contribution in [0.5, 0.6) is 5.88 Å². The lowest BCUT2D eigenvalue weighted by atomic mass is 10.2. The molecule has 0 fully saturated rings. The monoisotopic (exact) mass is 256 g/mol. The van der Waals surface area contributed by atoms with Gasteiger partial charge in [-0.05, 0) is 25.6 Å². The highest BCUT2D eigenvalue weighted by Crippen LogP contribution is 2.14. The lowest BCUT2D eigenvalue weighted by Crippen LogP contribution is -2.28. The normalized spacial score (nSPS) is 10.9. The molecule has 1 aromatic rings. The van der Waals surface area contributed by atoms with E-state index in [1.807, 2.05) is 19.1 Å². The molecule has 0 radical (unpaired) electrons. The second-order valence-corrected chi connectivity index (χ2v) is 4.17. The summed E-state index contributed by atoms with van der Waals surface area (Å²) in [5, 5.41) is 0. The second-order valence-electron chi connectivity index (χ2n) is 3.90. The molecule has 0 aromatic carbocycles. The number of hydrogen-bond acceptors (Lipinski definition) is 3. The number of alkyl halides is 1. The maximum Gasteiger partial charge on any atom is 0.213 e. The summed E-state index contributed by atoms with van der Waals surface area (Å²) in [4.78, 5) is 6.69. The summed E-state index contributed by atoms with van der Waals surface area (Å²) in [7, 11) is 0. The lowest BCUT2D eigenvalue weighted by Gasteiger charge is -2.17. The van der Waals surface area contributed by atoms with Gasteiger partial charge in [-0.2, -0.15) is 0 Å². The average molecular weight is 257 g/mol. The molecule has 0 saturated heterocycles. The van der Waals surface area contributed by atoms with Crippen molar-refractivity contribution in [2.75, 3.05) is 26.2 Å². The van der Waals surface area contributed by atoms with Crippen LogP contribution in [0.3, 0.4) is 0 Å². The van der Waals surface area contributed by atoms with Crippen molar-refractivity contribution >= 4 is 11.6 Å². The zero-order valence-corrected chi connectivity index (χ0v) is 11.6. The highest BCUT2D eigenvalue weighted by atomic mass is 35.5. The summed E-state index contributed by atoms with van der Waals surface area (Å²) < 4.78 is 5.62. The molecule has 0 amide bonds. The van der Waals surface area contributed by atoms with Crippen LogP contribution in [0, 0.1) is 6.92 Å². The van der Waals surface area contributed by atoms with Gasteiger partial charge < -0.3 is 9.64 Å². The van der Waals surface area contributed by atoms with Crippen LogP contribution in [0.1, 0.15) is 25.1 Å². The van der Waals surface area contributed by atoms with Gasteiger partial charge in [-0.15, -0.1) is 11.6 Å². The van der Waals surface area contributed by atoms with Crippen molar-refractivity contribution in [1.82, 2.24) is 9.88 Å². The van der Waals surface area contributed by atoms with Gasteiger partial charge in [0.25, 0.3) is 0 Å². The molecule has 0 aliphatic heterocycles. The number of halogens is 1. The summed E-state index contributed by atoms with van der Waals surface area (Å²) in [6.45, 7) is 9.98. The van der Waals surface area contributed by atoms with Crippen LogP contribution in [0.15, 0.2) is 12.1 Å². The molecule has 17 heavy (non-hydrogen) atoms. The Labute approximate surface area is 109 Å². The topological polar surface area (TPSA) is 25.4 Å². The molecule has 1 aromatic heterocycles. The Morgan fingerprint density at radius 1 is 1.29 bits per heavy atom. The SMILES string of the molecule is CCN(CC)CCOc1ccc(CCl)c(C)n1. The van der Waals surface area contributed by atoms with E-state index >= 15 is 0 Å². The van der Waals surface area contributed by atoms with Crippen LogP contribution in [-0.4, -0.2) is 36.1 Å². The number of nitrogens with zero attached hydrogens (tertiary/aromatic N) is 2. The first kappa shape index (κ1) is 14.3. The minimum atomic E-state index is 0.499. The maximum absolute atomic E-state index is 5.78. The number of likely N-dealkylation sites (N-methyl/N-ethyl adjacent to an activating group) is 1. The van der Waals surface area contributed by atoms with Crippen molar-refractivity contribution in [1.29, 1.82) is 0 Å². The minimum absolute atomic E-state index is 0.499. The largest absolute Gasteiger partial charge is 0.476 e. The molecule has 0 N–H and O–H groups in total.